The molecule has 1 aliphatic heterocycles. The van der Waals surface area contributed by atoms with Crippen LogP contribution in [-0.2, 0) is 13.0 Å². The zero-order valence-electron chi connectivity index (χ0n) is 14.7. The summed E-state index contributed by atoms with van der Waals surface area (Å²) in [7, 11) is 1.75. The molecule has 2 aromatic carbocycles. The van der Waals surface area contributed by atoms with Gasteiger partial charge in [-0.2, -0.15) is 5.10 Å². The van der Waals surface area contributed by atoms with Crippen molar-refractivity contribution in [2.24, 2.45) is 5.92 Å². The molecule has 0 amide bonds. The molecule has 1 unspecified atom stereocenters. The van der Waals surface area contributed by atoms with Crippen LogP contribution in [0.25, 0.3) is 10.9 Å². The number of methoxy groups -OCH3 is 1. The summed E-state index contributed by atoms with van der Waals surface area (Å²) in [5, 5.41) is 8.35. The zero-order chi connectivity index (χ0) is 17.1. The number of rotatable bonds is 5. The summed E-state index contributed by atoms with van der Waals surface area (Å²) in [6.45, 7) is 3.30. The van der Waals surface area contributed by atoms with Crippen LogP contribution in [0.1, 0.15) is 24.0 Å². The first kappa shape index (κ1) is 16.2. The Kier molecular flexibility index (Phi) is 4.70. The Balaban J connectivity index is 1.42. The molecule has 4 nitrogen and oxygen atoms in total. The molecular formula is C21H25N3O. The summed E-state index contributed by atoms with van der Waals surface area (Å²) in [4.78, 5) is 2.57. The zero-order valence-corrected chi connectivity index (χ0v) is 14.7. The van der Waals surface area contributed by atoms with E-state index >= 15 is 0 Å². The number of nitrogens with one attached hydrogen (secondary N) is 1. The fraction of sp³-hybridized carbons (Fsp3) is 0.381. The van der Waals surface area contributed by atoms with Crippen molar-refractivity contribution in [3.8, 4) is 5.75 Å². The van der Waals surface area contributed by atoms with Crippen molar-refractivity contribution in [3.05, 3.63) is 59.8 Å². The maximum atomic E-state index is 5.51. The van der Waals surface area contributed by atoms with E-state index in [1.807, 2.05) is 12.3 Å². The van der Waals surface area contributed by atoms with Crippen LogP contribution in [0.5, 0.6) is 5.75 Å². The van der Waals surface area contributed by atoms with Crippen molar-refractivity contribution in [3.63, 3.8) is 0 Å². The first-order valence-corrected chi connectivity index (χ1v) is 9.08. The highest BCUT2D eigenvalue weighted by Crippen LogP contribution is 2.26. The van der Waals surface area contributed by atoms with Gasteiger partial charge < -0.3 is 4.74 Å². The summed E-state index contributed by atoms with van der Waals surface area (Å²) in [6.07, 6.45) is 5.64. The molecule has 1 aromatic heterocycles. The number of ether oxygens (including phenoxy) is 1. The summed E-state index contributed by atoms with van der Waals surface area (Å²) in [5.74, 6) is 1.71. The fourth-order valence-electron chi connectivity index (χ4n) is 3.99. The third-order valence-corrected chi connectivity index (χ3v) is 5.22. The number of likely N-dealkylation sites (tertiary alicyclic amines) is 1. The predicted molar refractivity (Wildman–Crippen MR) is 101 cm³/mol. The number of hydrogen-bond acceptors (Lipinski definition) is 3. The third kappa shape index (κ3) is 3.69. The third-order valence-electron chi connectivity index (χ3n) is 5.22. The van der Waals surface area contributed by atoms with Gasteiger partial charge in [-0.05, 0) is 55.5 Å². The lowest BCUT2D eigenvalue weighted by Gasteiger charge is -2.33. The number of fused-ring (bicyclic) bond motifs is 1. The number of benzene rings is 2. The maximum Gasteiger partial charge on any atom is 0.123 e. The Bertz CT molecular complexity index is 842. The molecule has 1 atom stereocenters. The molecule has 0 aliphatic carbocycles. The highest BCUT2D eigenvalue weighted by Gasteiger charge is 2.21. The highest BCUT2D eigenvalue weighted by atomic mass is 16.5. The van der Waals surface area contributed by atoms with Gasteiger partial charge in [-0.1, -0.05) is 24.3 Å². The van der Waals surface area contributed by atoms with Crippen LogP contribution in [0.4, 0.5) is 0 Å². The fourth-order valence-corrected chi connectivity index (χ4v) is 3.99. The van der Waals surface area contributed by atoms with Crippen molar-refractivity contribution in [1.29, 1.82) is 0 Å². The van der Waals surface area contributed by atoms with Crippen LogP contribution < -0.4 is 4.74 Å². The molecule has 0 saturated carbocycles. The molecule has 4 heteroatoms. The maximum absolute atomic E-state index is 5.51. The first-order chi connectivity index (χ1) is 12.3. The number of para-hydroxylation sites is 1. The lowest BCUT2D eigenvalue weighted by atomic mass is 9.90. The molecule has 0 bridgehead atoms. The van der Waals surface area contributed by atoms with Crippen molar-refractivity contribution in [2.45, 2.75) is 25.8 Å². The van der Waals surface area contributed by atoms with E-state index < -0.39 is 0 Å². The van der Waals surface area contributed by atoms with Gasteiger partial charge in [0.15, 0.2) is 0 Å². The van der Waals surface area contributed by atoms with Crippen LogP contribution in [-0.4, -0.2) is 35.3 Å². The van der Waals surface area contributed by atoms with Gasteiger partial charge in [-0.25, -0.2) is 0 Å². The minimum Gasteiger partial charge on any atom is -0.496 e. The predicted octanol–water partition coefficient (Wildman–Crippen LogP) is 4.03. The summed E-state index contributed by atoms with van der Waals surface area (Å²) >= 11 is 0. The smallest absolute Gasteiger partial charge is 0.123 e. The summed E-state index contributed by atoms with van der Waals surface area (Å²) in [6, 6.07) is 15.0. The first-order valence-electron chi connectivity index (χ1n) is 9.08. The van der Waals surface area contributed by atoms with Crippen LogP contribution in [0.3, 0.4) is 0 Å². The SMILES string of the molecule is COc1ccccc1CN1CCCC(Cc2ccc3[nH]ncc3c2)C1. The van der Waals surface area contributed by atoms with E-state index in [-0.39, 0.29) is 0 Å². The van der Waals surface area contributed by atoms with E-state index in [0.29, 0.717) is 5.92 Å². The van der Waals surface area contributed by atoms with Crippen molar-refractivity contribution < 1.29 is 4.74 Å². The number of hydrogen-bond donors (Lipinski definition) is 1. The lowest BCUT2D eigenvalue weighted by Crippen LogP contribution is -2.35. The van der Waals surface area contributed by atoms with Crippen LogP contribution in [0, 0.1) is 5.92 Å². The molecule has 25 heavy (non-hydrogen) atoms. The summed E-state index contributed by atoms with van der Waals surface area (Å²) < 4.78 is 5.51. The standard InChI is InChI=1S/C21H25N3O/c1-25-21-7-3-2-6-18(21)15-24-10-4-5-17(14-24)11-16-8-9-20-19(12-16)13-22-23-20/h2-3,6-9,12-13,17H,4-5,10-11,14-15H2,1H3,(H,22,23). The Labute approximate surface area is 148 Å². The Morgan fingerprint density at radius 1 is 1.24 bits per heavy atom. The molecular weight excluding hydrogens is 310 g/mol. The number of nitrogens with zero attached hydrogens (tertiary/aromatic N) is 2. The number of aromatic nitrogens is 2. The molecule has 1 fully saturated rings. The molecule has 1 aliphatic rings. The number of aromatic amines is 1. The van der Waals surface area contributed by atoms with Crippen molar-refractivity contribution in [2.75, 3.05) is 20.2 Å². The average molecular weight is 335 g/mol. The average Bonchev–Trinajstić information content (AvgIpc) is 3.10. The van der Waals surface area contributed by atoms with E-state index in [0.717, 1.165) is 30.8 Å². The number of piperidine rings is 1. The second-order valence-electron chi connectivity index (χ2n) is 7.05. The largest absolute Gasteiger partial charge is 0.496 e. The molecule has 1 saturated heterocycles. The van der Waals surface area contributed by atoms with E-state index in [2.05, 4.69) is 51.5 Å². The van der Waals surface area contributed by atoms with Gasteiger partial charge in [0.2, 0.25) is 0 Å². The lowest BCUT2D eigenvalue weighted by molar-refractivity contribution is 0.165. The second kappa shape index (κ2) is 7.28. The molecule has 0 radical (unpaired) electrons. The van der Waals surface area contributed by atoms with E-state index in [1.54, 1.807) is 7.11 Å². The Morgan fingerprint density at radius 2 is 2.16 bits per heavy atom. The van der Waals surface area contributed by atoms with Crippen molar-refractivity contribution in [1.82, 2.24) is 15.1 Å². The van der Waals surface area contributed by atoms with E-state index in [4.69, 9.17) is 4.74 Å². The van der Waals surface area contributed by atoms with Crippen LogP contribution in [0.2, 0.25) is 0 Å². The Morgan fingerprint density at radius 3 is 3.08 bits per heavy atom. The van der Waals surface area contributed by atoms with E-state index in [9.17, 15) is 0 Å². The molecule has 0 spiro atoms. The van der Waals surface area contributed by atoms with Gasteiger partial charge in [0.1, 0.15) is 5.75 Å². The Hall–Kier alpha value is -2.33. The van der Waals surface area contributed by atoms with Crippen LogP contribution >= 0.6 is 0 Å². The molecule has 3 aromatic rings. The van der Waals surface area contributed by atoms with Gasteiger partial charge >= 0.3 is 0 Å². The van der Waals surface area contributed by atoms with Gasteiger partial charge in [-0.3, -0.25) is 10.00 Å². The quantitative estimate of drug-likeness (QED) is 0.765. The second-order valence-corrected chi connectivity index (χ2v) is 7.05. The molecule has 2 heterocycles. The van der Waals surface area contributed by atoms with Crippen molar-refractivity contribution >= 4 is 10.9 Å². The van der Waals surface area contributed by atoms with Crippen LogP contribution in [0.15, 0.2) is 48.7 Å². The molecule has 1 N–H and O–H groups in total. The minimum absolute atomic E-state index is 0.716. The topological polar surface area (TPSA) is 41.1 Å². The highest BCUT2D eigenvalue weighted by molar-refractivity contribution is 5.78. The van der Waals surface area contributed by atoms with Gasteiger partial charge in [0.25, 0.3) is 0 Å². The normalized spacial score (nSPS) is 18.5. The van der Waals surface area contributed by atoms with Gasteiger partial charge in [0, 0.05) is 24.0 Å². The van der Waals surface area contributed by atoms with E-state index in [1.165, 1.54) is 35.9 Å². The van der Waals surface area contributed by atoms with Gasteiger partial charge in [-0.15, -0.1) is 0 Å². The molecule has 4 rings (SSSR count). The summed E-state index contributed by atoms with van der Waals surface area (Å²) in [5.41, 5.74) is 3.81. The minimum atomic E-state index is 0.716. The number of H-pyrrole nitrogens is 1. The molecule has 130 valence electrons. The van der Waals surface area contributed by atoms with Gasteiger partial charge in [0.05, 0.1) is 18.8 Å². The monoisotopic (exact) mass is 335 g/mol.